The molecule has 3 rings (SSSR count). The normalized spacial score (nSPS) is 10.5. The van der Waals surface area contributed by atoms with Gasteiger partial charge < -0.3 is 5.73 Å². The molecule has 0 amide bonds. The first-order chi connectivity index (χ1) is 9.29. The van der Waals surface area contributed by atoms with Gasteiger partial charge in [-0.3, -0.25) is 0 Å². The molecule has 0 unspecified atom stereocenters. The molecule has 0 saturated carbocycles. The predicted molar refractivity (Wildman–Crippen MR) is 73.6 cm³/mol. The largest absolute Gasteiger partial charge is 0.383 e. The highest BCUT2D eigenvalue weighted by Crippen LogP contribution is 2.26. The molecule has 6 heteroatoms. The quantitative estimate of drug-likeness (QED) is 0.768. The Hall–Kier alpha value is -2.52. The van der Waals surface area contributed by atoms with Gasteiger partial charge in [-0.05, 0) is 23.2 Å². The minimum Gasteiger partial charge on any atom is -0.383 e. The second kappa shape index (κ2) is 4.63. The number of hydrogen-bond donors (Lipinski definition) is 1. The van der Waals surface area contributed by atoms with Gasteiger partial charge in [0.25, 0.3) is 0 Å². The van der Waals surface area contributed by atoms with Crippen molar-refractivity contribution in [2.75, 3.05) is 5.73 Å². The van der Waals surface area contributed by atoms with E-state index in [0.29, 0.717) is 12.0 Å². The van der Waals surface area contributed by atoms with Crippen LogP contribution in [0.3, 0.4) is 0 Å². The Bertz CT molecular complexity index is 774. The Morgan fingerprint density at radius 3 is 2.89 bits per heavy atom. The summed E-state index contributed by atoms with van der Waals surface area (Å²) in [5, 5.41) is 16.1. The zero-order valence-electron chi connectivity index (χ0n) is 9.87. The van der Waals surface area contributed by atoms with Crippen molar-refractivity contribution in [3.8, 4) is 6.07 Å². The summed E-state index contributed by atoms with van der Waals surface area (Å²) in [4.78, 5) is 4.26. The van der Waals surface area contributed by atoms with Gasteiger partial charge in [-0.2, -0.15) is 5.26 Å². The molecule has 0 saturated heterocycles. The summed E-state index contributed by atoms with van der Waals surface area (Å²) in [6.45, 7) is 0. The molecule has 2 heterocycles. The number of nitrogens with two attached hydrogens (primary N) is 1. The molecular weight excluding hydrogens is 258 g/mol. The van der Waals surface area contributed by atoms with Gasteiger partial charge >= 0.3 is 0 Å². The van der Waals surface area contributed by atoms with Gasteiger partial charge in [0.2, 0.25) is 0 Å². The molecule has 0 atom stereocenters. The van der Waals surface area contributed by atoms with Gasteiger partial charge in [0.1, 0.15) is 11.9 Å². The Balaban J connectivity index is 2.27. The van der Waals surface area contributed by atoms with Crippen LogP contribution < -0.4 is 5.73 Å². The third-order valence-corrected chi connectivity index (χ3v) is 3.46. The summed E-state index contributed by atoms with van der Waals surface area (Å²) >= 11 is 1.29. The fourth-order valence-electron chi connectivity index (χ4n) is 2.05. The van der Waals surface area contributed by atoms with Crippen molar-refractivity contribution in [3.05, 3.63) is 46.5 Å². The van der Waals surface area contributed by atoms with E-state index in [1.54, 1.807) is 0 Å². The molecule has 2 aromatic heterocycles. The van der Waals surface area contributed by atoms with Gasteiger partial charge in [-0.25, -0.2) is 4.98 Å². The van der Waals surface area contributed by atoms with E-state index in [1.807, 2.05) is 29.6 Å². The van der Waals surface area contributed by atoms with E-state index >= 15 is 0 Å². The minimum absolute atomic E-state index is 0.263. The van der Waals surface area contributed by atoms with E-state index in [4.69, 9.17) is 5.73 Å². The molecule has 19 heavy (non-hydrogen) atoms. The van der Waals surface area contributed by atoms with Crippen molar-refractivity contribution in [3.63, 3.8) is 0 Å². The van der Waals surface area contributed by atoms with Crippen LogP contribution in [0, 0.1) is 11.3 Å². The number of anilines is 1. The lowest BCUT2D eigenvalue weighted by Gasteiger charge is -2.09. The first-order valence-corrected chi connectivity index (χ1v) is 6.46. The number of aromatic nitrogens is 3. The first kappa shape index (κ1) is 11.6. The van der Waals surface area contributed by atoms with Crippen molar-refractivity contribution in [1.29, 1.82) is 5.26 Å². The van der Waals surface area contributed by atoms with Gasteiger partial charge in [-0.1, -0.05) is 22.7 Å². The molecule has 5 nitrogen and oxygen atoms in total. The summed E-state index contributed by atoms with van der Waals surface area (Å²) in [7, 11) is 0. The standard InChI is InChI=1S/C13H9N5S/c14-6-11-10(5-8-7-19-18-17-8)9-3-1-2-4-12(9)16-13(11)15/h1-4,7H,5H2,(H2,15,16). The smallest absolute Gasteiger partial charge is 0.142 e. The predicted octanol–water partition coefficient (Wildman–Crippen LogP) is 2.13. The lowest BCUT2D eigenvalue weighted by Crippen LogP contribution is -2.02. The molecule has 0 spiro atoms. The number of para-hydroxylation sites is 1. The number of hydrogen-bond acceptors (Lipinski definition) is 6. The molecule has 1 aromatic carbocycles. The maximum atomic E-state index is 9.28. The van der Waals surface area contributed by atoms with E-state index in [0.717, 1.165) is 22.2 Å². The van der Waals surface area contributed by atoms with Gasteiger partial charge in [0.15, 0.2) is 0 Å². The Morgan fingerprint density at radius 2 is 2.16 bits per heavy atom. The molecular formula is C13H9N5S. The second-order valence-corrected chi connectivity index (χ2v) is 4.66. The van der Waals surface area contributed by atoms with Crippen molar-refractivity contribution < 1.29 is 0 Å². The van der Waals surface area contributed by atoms with Crippen LogP contribution in [0.2, 0.25) is 0 Å². The lowest BCUT2D eigenvalue weighted by atomic mass is 9.99. The third kappa shape index (κ3) is 2.00. The molecule has 0 radical (unpaired) electrons. The van der Waals surface area contributed by atoms with Crippen LogP contribution in [0.1, 0.15) is 16.8 Å². The molecule has 0 bridgehead atoms. The summed E-state index contributed by atoms with van der Waals surface area (Å²) < 4.78 is 3.84. The number of nitriles is 1. The second-order valence-electron chi connectivity index (χ2n) is 4.05. The van der Waals surface area contributed by atoms with Crippen LogP contribution in [0.25, 0.3) is 10.9 Å². The highest BCUT2D eigenvalue weighted by molar-refractivity contribution is 7.03. The van der Waals surface area contributed by atoms with Crippen molar-refractivity contribution in [2.24, 2.45) is 0 Å². The van der Waals surface area contributed by atoms with E-state index in [2.05, 4.69) is 20.6 Å². The van der Waals surface area contributed by atoms with E-state index < -0.39 is 0 Å². The number of benzene rings is 1. The van der Waals surface area contributed by atoms with Crippen LogP contribution >= 0.6 is 11.5 Å². The summed E-state index contributed by atoms with van der Waals surface area (Å²) in [6, 6.07) is 9.78. The van der Waals surface area contributed by atoms with Crippen LogP contribution in [0.4, 0.5) is 5.82 Å². The maximum absolute atomic E-state index is 9.28. The highest BCUT2D eigenvalue weighted by Gasteiger charge is 2.14. The number of fused-ring (bicyclic) bond motifs is 1. The van der Waals surface area contributed by atoms with Crippen LogP contribution in [-0.4, -0.2) is 14.6 Å². The van der Waals surface area contributed by atoms with Crippen molar-refractivity contribution in [2.45, 2.75) is 6.42 Å². The molecule has 0 aliphatic rings. The summed E-state index contributed by atoms with van der Waals surface area (Å²) in [5.41, 5.74) is 8.76. The van der Waals surface area contributed by atoms with Crippen LogP contribution in [0.5, 0.6) is 0 Å². The number of nitrogens with zero attached hydrogens (tertiary/aromatic N) is 4. The van der Waals surface area contributed by atoms with Crippen molar-refractivity contribution >= 4 is 28.3 Å². The number of pyridine rings is 1. The van der Waals surface area contributed by atoms with Crippen LogP contribution in [0.15, 0.2) is 29.6 Å². The third-order valence-electron chi connectivity index (χ3n) is 2.90. The molecule has 3 aromatic rings. The maximum Gasteiger partial charge on any atom is 0.142 e. The average Bonchev–Trinajstić information content (AvgIpc) is 2.92. The molecule has 92 valence electrons. The fraction of sp³-hybridized carbons (Fsp3) is 0.0769. The monoisotopic (exact) mass is 267 g/mol. The lowest BCUT2D eigenvalue weighted by molar-refractivity contribution is 1.02. The number of nitrogen functional groups attached to an aromatic ring is 1. The zero-order valence-corrected chi connectivity index (χ0v) is 10.7. The zero-order chi connectivity index (χ0) is 13.2. The highest BCUT2D eigenvalue weighted by atomic mass is 32.1. The first-order valence-electron chi connectivity index (χ1n) is 5.62. The Kier molecular flexibility index (Phi) is 2.82. The van der Waals surface area contributed by atoms with Gasteiger partial charge in [0.05, 0.1) is 16.8 Å². The number of rotatable bonds is 2. The van der Waals surface area contributed by atoms with Crippen LogP contribution in [-0.2, 0) is 6.42 Å². The SMILES string of the molecule is N#Cc1c(N)nc2ccccc2c1Cc1csnn1. The molecule has 2 N–H and O–H groups in total. The molecule has 0 fully saturated rings. The van der Waals surface area contributed by atoms with Gasteiger partial charge in [0, 0.05) is 17.2 Å². The van der Waals surface area contributed by atoms with Crippen molar-refractivity contribution in [1.82, 2.24) is 14.6 Å². The summed E-state index contributed by atoms with van der Waals surface area (Å²) in [5.74, 6) is 0.263. The topological polar surface area (TPSA) is 88.5 Å². The average molecular weight is 267 g/mol. The Morgan fingerprint density at radius 1 is 1.32 bits per heavy atom. The molecule has 0 aliphatic heterocycles. The van der Waals surface area contributed by atoms with E-state index in [-0.39, 0.29) is 5.82 Å². The van der Waals surface area contributed by atoms with E-state index in [9.17, 15) is 5.26 Å². The molecule has 0 aliphatic carbocycles. The minimum atomic E-state index is 0.263. The van der Waals surface area contributed by atoms with Gasteiger partial charge in [-0.15, -0.1) is 5.10 Å². The van der Waals surface area contributed by atoms with E-state index in [1.165, 1.54) is 11.5 Å². The summed E-state index contributed by atoms with van der Waals surface area (Å²) in [6.07, 6.45) is 0.534. The Labute approximate surface area is 113 Å². The fourth-order valence-corrected chi connectivity index (χ4v) is 2.50.